The lowest BCUT2D eigenvalue weighted by molar-refractivity contribution is 0.102. The molecule has 2 rings (SSSR count). The van der Waals surface area contributed by atoms with E-state index in [1.807, 2.05) is 0 Å². The van der Waals surface area contributed by atoms with E-state index in [9.17, 15) is 18.0 Å². The molecule has 0 unspecified atom stereocenters. The number of carbonyl (C=O) groups is 1. The van der Waals surface area contributed by atoms with Crippen LogP contribution in [-0.2, 0) is 0 Å². The van der Waals surface area contributed by atoms with Crippen LogP contribution in [0.5, 0.6) is 0 Å². The molecular weight excluding hydrogens is 335 g/mol. The quantitative estimate of drug-likeness (QED) is 0.858. The molecule has 2 aromatic carbocycles. The summed E-state index contributed by atoms with van der Waals surface area (Å²) in [6, 6.07) is 5.28. The number of carbonyl (C=O) groups excluding carboxylic acids is 1. The first-order valence-corrected chi connectivity index (χ1v) is 6.40. The van der Waals surface area contributed by atoms with Crippen molar-refractivity contribution in [3.8, 4) is 0 Å². The van der Waals surface area contributed by atoms with Gasteiger partial charge in [-0.3, -0.25) is 4.79 Å². The number of hydrogen-bond donors (Lipinski definition) is 1. The summed E-state index contributed by atoms with van der Waals surface area (Å²) in [6.07, 6.45) is 0. The van der Waals surface area contributed by atoms with Crippen LogP contribution in [0.1, 0.15) is 15.9 Å². The summed E-state index contributed by atoms with van der Waals surface area (Å²) in [5.41, 5.74) is 0.541. The predicted molar refractivity (Wildman–Crippen MR) is 73.1 cm³/mol. The summed E-state index contributed by atoms with van der Waals surface area (Å²) in [7, 11) is 0. The van der Waals surface area contributed by atoms with E-state index in [1.54, 1.807) is 6.92 Å². The van der Waals surface area contributed by atoms with Gasteiger partial charge in [0.05, 0.1) is 10.0 Å². The largest absolute Gasteiger partial charge is 0.322 e. The fourth-order valence-electron chi connectivity index (χ4n) is 1.64. The topological polar surface area (TPSA) is 29.1 Å². The average molecular weight is 344 g/mol. The maximum atomic E-state index is 13.5. The van der Waals surface area contributed by atoms with Gasteiger partial charge in [-0.05, 0) is 52.7 Å². The number of halogens is 4. The zero-order valence-corrected chi connectivity index (χ0v) is 11.9. The second-order valence-corrected chi connectivity index (χ2v) is 5.01. The van der Waals surface area contributed by atoms with Crippen LogP contribution in [0.15, 0.2) is 34.8 Å². The van der Waals surface area contributed by atoms with E-state index in [1.165, 1.54) is 12.1 Å². The molecule has 20 heavy (non-hydrogen) atoms. The van der Waals surface area contributed by atoms with Crippen LogP contribution in [-0.4, -0.2) is 5.91 Å². The molecule has 0 saturated carbocycles. The van der Waals surface area contributed by atoms with E-state index in [0.29, 0.717) is 17.3 Å². The monoisotopic (exact) mass is 343 g/mol. The minimum absolute atomic E-state index is 0.179. The van der Waals surface area contributed by atoms with E-state index < -0.39 is 23.4 Å². The average Bonchev–Trinajstić information content (AvgIpc) is 2.35. The smallest absolute Gasteiger partial charge is 0.258 e. The number of aryl methyl sites for hydroxylation is 1. The lowest BCUT2D eigenvalue weighted by Crippen LogP contribution is -2.15. The van der Waals surface area contributed by atoms with Crippen LogP contribution in [0.2, 0.25) is 0 Å². The lowest BCUT2D eigenvalue weighted by Gasteiger charge is -2.10. The van der Waals surface area contributed by atoms with Crippen LogP contribution in [0, 0.1) is 24.4 Å². The zero-order chi connectivity index (χ0) is 14.9. The standard InChI is InChI=1S/C14H9BrF3NO/c1-7-4-12(18)10(15)6-13(7)19-14(20)9-3-2-8(16)5-11(9)17/h2-6H,1H3,(H,19,20). The highest BCUT2D eigenvalue weighted by atomic mass is 79.9. The van der Waals surface area contributed by atoms with E-state index in [0.717, 1.165) is 12.1 Å². The van der Waals surface area contributed by atoms with Crippen molar-refractivity contribution in [1.82, 2.24) is 0 Å². The molecule has 0 aromatic heterocycles. The van der Waals surface area contributed by atoms with Gasteiger partial charge in [-0.2, -0.15) is 0 Å². The number of rotatable bonds is 2. The van der Waals surface area contributed by atoms with Gasteiger partial charge in [0.1, 0.15) is 17.5 Å². The van der Waals surface area contributed by atoms with Crippen LogP contribution in [0.4, 0.5) is 18.9 Å². The Hall–Kier alpha value is -1.82. The van der Waals surface area contributed by atoms with Crippen molar-refractivity contribution in [3.05, 3.63) is 63.4 Å². The molecular formula is C14H9BrF3NO. The fraction of sp³-hybridized carbons (Fsp3) is 0.0714. The summed E-state index contributed by atoms with van der Waals surface area (Å²) < 4.78 is 39.7. The van der Waals surface area contributed by atoms with Gasteiger partial charge < -0.3 is 5.32 Å². The van der Waals surface area contributed by atoms with E-state index in [2.05, 4.69) is 21.2 Å². The Morgan fingerprint density at radius 2 is 1.80 bits per heavy atom. The number of benzene rings is 2. The van der Waals surface area contributed by atoms with Gasteiger partial charge in [-0.15, -0.1) is 0 Å². The Morgan fingerprint density at radius 3 is 2.45 bits per heavy atom. The Morgan fingerprint density at radius 1 is 1.10 bits per heavy atom. The highest BCUT2D eigenvalue weighted by Gasteiger charge is 2.14. The van der Waals surface area contributed by atoms with Crippen molar-refractivity contribution in [2.75, 3.05) is 5.32 Å². The minimum atomic E-state index is -0.957. The predicted octanol–water partition coefficient (Wildman–Crippen LogP) is 4.43. The summed E-state index contributed by atoms with van der Waals surface area (Å²) in [4.78, 5) is 11.9. The first-order valence-electron chi connectivity index (χ1n) is 5.60. The summed E-state index contributed by atoms with van der Waals surface area (Å²) in [5, 5.41) is 2.46. The Bertz CT molecular complexity index is 688. The maximum Gasteiger partial charge on any atom is 0.258 e. The van der Waals surface area contributed by atoms with E-state index in [4.69, 9.17) is 0 Å². The van der Waals surface area contributed by atoms with Gasteiger partial charge in [0.15, 0.2) is 0 Å². The molecule has 0 spiro atoms. The van der Waals surface area contributed by atoms with Crippen LogP contribution >= 0.6 is 15.9 Å². The highest BCUT2D eigenvalue weighted by molar-refractivity contribution is 9.10. The Kier molecular flexibility index (Phi) is 4.13. The fourth-order valence-corrected chi connectivity index (χ4v) is 1.99. The Labute approximate surface area is 121 Å². The number of anilines is 1. The second-order valence-electron chi connectivity index (χ2n) is 4.16. The maximum absolute atomic E-state index is 13.5. The molecule has 104 valence electrons. The minimum Gasteiger partial charge on any atom is -0.322 e. The molecule has 0 saturated heterocycles. The molecule has 6 heteroatoms. The van der Waals surface area contributed by atoms with Gasteiger partial charge in [-0.25, -0.2) is 13.2 Å². The molecule has 0 aliphatic heterocycles. The first-order chi connectivity index (χ1) is 9.38. The molecule has 2 nitrogen and oxygen atoms in total. The molecule has 0 fully saturated rings. The van der Waals surface area contributed by atoms with Crippen molar-refractivity contribution in [1.29, 1.82) is 0 Å². The second kappa shape index (κ2) is 5.66. The van der Waals surface area contributed by atoms with E-state index in [-0.39, 0.29) is 10.0 Å². The van der Waals surface area contributed by atoms with Crippen molar-refractivity contribution < 1.29 is 18.0 Å². The third-order valence-electron chi connectivity index (χ3n) is 2.69. The summed E-state index contributed by atoms with van der Waals surface area (Å²) >= 11 is 3.00. The summed E-state index contributed by atoms with van der Waals surface area (Å²) in [6.45, 7) is 1.60. The molecule has 0 aliphatic carbocycles. The molecule has 2 aromatic rings. The van der Waals surface area contributed by atoms with Crippen molar-refractivity contribution in [2.45, 2.75) is 6.92 Å². The zero-order valence-electron chi connectivity index (χ0n) is 10.3. The number of nitrogens with one attached hydrogen (secondary N) is 1. The molecule has 0 aliphatic rings. The van der Waals surface area contributed by atoms with Crippen molar-refractivity contribution in [2.24, 2.45) is 0 Å². The van der Waals surface area contributed by atoms with Crippen LogP contribution in [0.3, 0.4) is 0 Å². The van der Waals surface area contributed by atoms with Gasteiger partial charge in [-0.1, -0.05) is 0 Å². The normalized spacial score (nSPS) is 10.4. The highest BCUT2D eigenvalue weighted by Crippen LogP contribution is 2.25. The van der Waals surface area contributed by atoms with Crippen LogP contribution < -0.4 is 5.32 Å². The molecule has 0 radical (unpaired) electrons. The SMILES string of the molecule is Cc1cc(F)c(Br)cc1NC(=O)c1ccc(F)cc1F. The third-order valence-corrected chi connectivity index (χ3v) is 3.30. The van der Waals surface area contributed by atoms with E-state index >= 15 is 0 Å². The number of amides is 1. The third kappa shape index (κ3) is 3.01. The lowest BCUT2D eigenvalue weighted by atomic mass is 10.1. The summed E-state index contributed by atoms with van der Waals surface area (Å²) in [5.74, 6) is -2.92. The first kappa shape index (κ1) is 14.6. The Balaban J connectivity index is 2.30. The van der Waals surface area contributed by atoms with Gasteiger partial charge in [0, 0.05) is 11.8 Å². The molecule has 1 amide bonds. The van der Waals surface area contributed by atoms with Gasteiger partial charge >= 0.3 is 0 Å². The van der Waals surface area contributed by atoms with Crippen molar-refractivity contribution in [3.63, 3.8) is 0 Å². The van der Waals surface area contributed by atoms with Crippen LogP contribution in [0.25, 0.3) is 0 Å². The molecule has 0 atom stereocenters. The molecule has 1 N–H and O–H groups in total. The molecule has 0 heterocycles. The number of hydrogen-bond acceptors (Lipinski definition) is 1. The van der Waals surface area contributed by atoms with Gasteiger partial charge in [0.2, 0.25) is 0 Å². The molecule has 0 bridgehead atoms. The van der Waals surface area contributed by atoms with Crippen molar-refractivity contribution >= 4 is 27.5 Å². The van der Waals surface area contributed by atoms with Gasteiger partial charge in [0.25, 0.3) is 5.91 Å².